The predicted octanol–water partition coefficient (Wildman–Crippen LogP) is 3.82. The van der Waals surface area contributed by atoms with Crippen LogP contribution in [0.15, 0.2) is 0 Å². The second kappa shape index (κ2) is 0. The van der Waals surface area contributed by atoms with Crippen molar-refractivity contribution in [2.45, 2.75) is 44.4 Å². The lowest BCUT2D eigenvalue weighted by Gasteiger charge is -0.0786. The van der Waals surface area contributed by atoms with Gasteiger partial charge in [-0.2, -0.15) is 0 Å². The zero-order valence-corrected chi connectivity index (χ0v) is 5.41. The summed E-state index contributed by atoms with van der Waals surface area (Å²) in [6.07, 6.45) is 0. The number of hydrogen-bond donors (Lipinski definition) is 0. The van der Waals surface area contributed by atoms with Crippen LogP contribution >= 0.6 is 0 Å². The summed E-state index contributed by atoms with van der Waals surface area (Å²) >= 11 is 0. The average Bonchev–Trinajstić information content (AvgIpc) is 2.31. The van der Waals surface area contributed by atoms with Crippen molar-refractivity contribution in [3.63, 3.8) is 0 Å². The molecule has 0 aliphatic heterocycles. The van der Waals surface area contributed by atoms with E-state index in [-0.39, 0.29) is 14.8 Å². The van der Waals surface area contributed by atoms with Crippen LogP contribution in [0.4, 0.5) is 0 Å². The summed E-state index contributed by atoms with van der Waals surface area (Å²) in [7, 11) is 4.50. The van der Waals surface area contributed by atoms with E-state index >= 15 is 0 Å². The van der Waals surface area contributed by atoms with Crippen LogP contribution in [0.1, 0.15) is 55.3 Å². The average molecular weight is 104 g/mol. The SMILES string of the molecule is [2H]C.[2H]C.[2H]C.[2H]C.[2H]C[2H].[2H]C[2H]. The van der Waals surface area contributed by atoms with Gasteiger partial charge >= 0.3 is 0 Å². The van der Waals surface area contributed by atoms with Crippen molar-refractivity contribution in [3.8, 4) is 0 Å². The van der Waals surface area contributed by atoms with Gasteiger partial charge in [0.1, 0.15) is 0 Å². The molecule has 0 heterocycles. The van der Waals surface area contributed by atoms with Crippen LogP contribution in [-0.4, -0.2) is 0 Å². The van der Waals surface area contributed by atoms with Gasteiger partial charge in [0.05, 0.1) is 0 Å². The summed E-state index contributed by atoms with van der Waals surface area (Å²) in [5.74, 6) is 0. The molecule has 6 heavy (non-hydrogen) atoms. The lowest BCUT2D eigenvalue weighted by Crippen LogP contribution is 0.143. The van der Waals surface area contributed by atoms with Gasteiger partial charge in [-0.25, -0.2) is 0 Å². The zero-order chi connectivity index (χ0) is 13.4. The molecule has 0 bridgehead atoms. The lowest BCUT2D eigenvalue weighted by molar-refractivity contribution is 2.50. The van der Waals surface area contributed by atoms with Gasteiger partial charge < -0.3 is 0 Å². The van der Waals surface area contributed by atoms with E-state index in [1.165, 1.54) is 29.6 Å². The molecule has 0 nitrogen and oxygen atoms in total. The monoisotopic (exact) mass is 104 g/mol. The van der Waals surface area contributed by atoms with E-state index in [2.05, 4.69) is 0 Å². The molecule has 0 heteroatoms. The number of rotatable bonds is 0. The maximum atomic E-state index is 5.88. The maximum Gasteiger partial charge on any atom is 0.0194 e. The topological polar surface area (TPSA) is 0 Å². The molecule has 0 amide bonds. The van der Waals surface area contributed by atoms with Gasteiger partial charge in [0, 0.05) is 11.0 Å². The molecule has 0 aliphatic rings. The van der Waals surface area contributed by atoms with Crippen LogP contribution in [0.3, 0.4) is 0 Å². The molecule has 0 unspecified atom stereocenters. The fourth-order valence-electron chi connectivity index (χ4n) is 0. The predicted molar refractivity (Wildman–Crippen MR) is 40.4 cm³/mol. The Morgan fingerprint density at radius 2 is 0.833 bits per heavy atom. The molecular weight excluding hydrogens is 72.1 g/mol. The van der Waals surface area contributed by atoms with E-state index in [1.54, 1.807) is 0 Å². The molecule has 0 atom stereocenters. The Labute approximate surface area is 56.8 Å². The van der Waals surface area contributed by atoms with Gasteiger partial charge in [-0.05, 0) is 0 Å². The van der Waals surface area contributed by atoms with E-state index in [0.717, 1.165) is 0 Å². The highest BCUT2D eigenvalue weighted by atomic mass is 12.0. The molecule has 0 saturated carbocycles. The van der Waals surface area contributed by atoms with Crippen molar-refractivity contribution in [1.82, 2.24) is 0 Å². The molecule has 0 radical (unpaired) electrons. The molecule has 0 saturated heterocycles. The minimum atomic E-state index is -0.250. The van der Waals surface area contributed by atoms with Crippen molar-refractivity contribution in [2.75, 3.05) is 0 Å². The Morgan fingerprint density at radius 1 is 0.833 bits per heavy atom. The van der Waals surface area contributed by atoms with Crippen LogP contribution in [0, 0.1) is 0 Å². The van der Waals surface area contributed by atoms with Gasteiger partial charge in [0.2, 0.25) is 0 Å². The van der Waals surface area contributed by atoms with Crippen molar-refractivity contribution < 1.29 is 11.0 Å². The smallest absolute Gasteiger partial charge is 0.0194 e. The first-order valence-electron chi connectivity index (χ1n) is 6.83. The van der Waals surface area contributed by atoms with Gasteiger partial charge in [-0.3, -0.25) is 0 Å². The zero-order valence-electron chi connectivity index (χ0n) is 13.4. The highest BCUT2D eigenvalue weighted by Gasteiger charge is -0.0726. The first kappa shape index (κ1) is 2.34. The summed E-state index contributed by atoms with van der Waals surface area (Å²) in [5, 5.41) is 0. The molecular formula is C6H24. The van der Waals surface area contributed by atoms with Crippen molar-refractivity contribution in [3.05, 3.63) is 0 Å². The van der Waals surface area contributed by atoms with E-state index in [4.69, 9.17) is 11.0 Å². The van der Waals surface area contributed by atoms with Crippen LogP contribution < -0.4 is 0 Å². The standard InChI is InChI=1S/6CH4/h6*1H4/i2*1D2;4*1D. The third-order valence-corrected chi connectivity index (χ3v) is 0. The number of hydrogen-bond acceptors (Lipinski definition) is 0. The van der Waals surface area contributed by atoms with E-state index in [0.29, 0.717) is 0 Å². The second-order valence-corrected chi connectivity index (χ2v) is 0. The molecule has 0 aliphatic carbocycles. The van der Waals surface area contributed by atoms with Crippen LogP contribution in [0.2, 0.25) is 0 Å². The van der Waals surface area contributed by atoms with Crippen molar-refractivity contribution in [1.29, 1.82) is 0 Å². The lowest BCUT2D eigenvalue weighted by atomic mass is 12.0. The van der Waals surface area contributed by atoms with Gasteiger partial charge in [0.25, 0.3) is 0 Å². The molecule has 0 N–H and O–H groups in total. The summed E-state index contributed by atoms with van der Waals surface area (Å²) < 4.78 is 46.5. The molecule has 0 aromatic rings. The van der Waals surface area contributed by atoms with Gasteiger partial charge in [-0.1, -0.05) is 44.4 Å². The summed E-state index contributed by atoms with van der Waals surface area (Å²) in [6.45, 7) is 0. The fraction of sp³-hybridized carbons (Fsp3) is 1.00. The largest absolute Gasteiger partial charge is 0.0776 e. The maximum absolute atomic E-state index is 5.88. The first-order chi connectivity index (χ1) is 6.83. The van der Waals surface area contributed by atoms with E-state index < -0.39 is 0 Å². The third-order valence-electron chi connectivity index (χ3n) is 0. The molecule has 0 aromatic carbocycles. The highest BCUT2D eigenvalue weighted by molar-refractivity contribution is 2.51. The fourth-order valence-corrected chi connectivity index (χ4v) is 0. The molecule has 0 rings (SSSR count). The Kier molecular flexibility index (Phi) is 0. The normalized spacial score (nSPS) is 11.3. The van der Waals surface area contributed by atoms with Crippen LogP contribution in [-0.2, 0) is 0 Å². The minimum Gasteiger partial charge on any atom is -0.0776 e. The van der Waals surface area contributed by atoms with Gasteiger partial charge in [-0.15, -0.1) is 0 Å². The summed E-state index contributed by atoms with van der Waals surface area (Å²) in [5.41, 5.74) is 0. The quantitative estimate of drug-likeness (QED) is 0.438. The molecule has 0 aromatic heterocycles. The Bertz CT molecular complexity index is 15.8. The summed E-state index contributed by atoms with van der Waals surface area (Å²) in [4.78, 5) is 0. The Hall–Kier alpha value is 0. The van der Waals surface area contributed by atoms with Crippen LogP contribution in [0.5, 0.6) is 0 Å². The molecule has 0 fully saturated rings. The van der Waals surface area contributed by atoms with E-state index in [9.17, 15) is 0 Å². The molecule has 48 valence electrons. The summed E-state index contributed by atoms with van der Waals surface area (Å²) in [6, 6.07) is 0. The molecule has 0 spiro atoms. The van der Waals surface area contributed by atoms with E-state index in [1.807, 2.05) is 0 Å². The highest BCUT2D eigenvalue weighted by Crippen LogP contribution is 0.149. The Balaban J connectivity index is -0.0000000139. The minimum absolute atomic E-state index is 0.250. The van der Waals surface area contributed by atoms with Gasteiger partial charge in [0.15, 0.2) is 0 Å². The third kappa shape index (κ3) is 0. The van der Waals surface area contributed by atoms with Crippen molar-refractivity contribution in [2.24, 2.45) is 0 Å². The first-order valence-corrected chi connectivity index (χ1v) is 0. The van der Waals surface area contributed by atoms with Crippen LogP contribution in [0.25, 0.3) is 0 Å². The second-order valence-electron chi connectivity index (χ2n) is 0. The van der Waals surface area contributed by atoms with Crippen molar-refractivity contribution >= 4 is 0 Å². The Morgan fingerprint density at radius 3 is 0.833 bits per heavy atom.